The Morgan fingerprint density at radius 1 is 1.59 bits per heavy atom. The van der Waals surface area contributed by atoms with E-state index in [2.05, 4.69) is 0 Å². The van der Waals surface area contributed by atoms with E-state index in [1.54, 1.807) is 11.3 Å². The second-order valence-electron chi connectivity index (χ2n) is 4.41. The van der Waals surface area contributed by atoms with Crippen molar-refractivity contribution >= 4 is 34.5 Å². The van der Waals surface area contributed by atoms with Gasteiger partial charge in [0.05, 0.1) is 15.9 Å². The molecule has 0 radical (unpaired) electrons. The highest BCUT2D eigenvalue weighted by atomic mass is 32.1. The van der Waals surface area contributed by atoms with Gasteiger partial charge in [-0.05, 0) is 38.3 Å². The number of hydrogen-bond acceptors (Lipinski definition) is 3. The SMILES string of the molecule is Cc1cc(C(=O)N2CCCC2C(N)=S)sc1C. The van der Waals surface area contributed by atoms with Crippen LogP contribution in [0.25, 0.3) is 0 Å². The summed E-state index contributed by atoms with van der Waals surface area (Å²) in [6.07, 6.45) is 1.88. The Morgan fingerprint density at radius 2 is 2.29 bits per heavy atom. The van der Waals surface area contributed by atoms with E-state index < -0.39 is 0 Å². The maximum Gasteiger partial charge on any atom is 0.264 e. The lowest BCUT2D eigenvalue weighted by molar-refractivity contribution is 0.0775. The summed E-state index contributed by atoms with van der Waals surface area (Å²) >= 11 is 6.57. The molecule has 0 aromatic carbocycles. The fourth-order valence-electron chi connectivity index (χ4n) is 2.13. The van der Waals surface area contributed by atoms with Crippen LogP contribution >= 0.6 is 23.6 Å². The van der Waals surface area contributed by atoms with Crippen molar-refractivity contribution in [2.45, 2.75) is 32.7 Å². The number of nitrogens with zero attached hydrogens (tertiary/aromatic N) is 1. The van der Waals surface area contributed by atoms with Gasteiger partial charge in [-0.25, -0.2) is 0 Å². The van der Waals surface area contributed by atoms with Crippen LogP contribution in [0.4, 0.5) is 0 Å². The number of aryl methyl sites for hydroxylation is 2. The van der Waals surface area contributed by atoms with Crippen molar-refractivity contribution in [1.29, 1.82) is 0 Å². The number of carbonyl (C=O) groups excluding carboxylic acids is 1. The van der Waals surface area contributed by atoms with Gasteiger partial charge in [0.1, 0.15) is 0 Å². The minimum Gasteiger partial charge on any atom is -0.392 e. The summed E-state index contributed by atoms with van der Waals surface area (Å²) < 4.78 is 0. The van der Waals surface area contributed by atoms with E-state index in [-0.39, 0.29) is 11.9 Å². The molecule has 1 amide bonds. The minimum absolute atomic E-state index is 0.0554. The first-order valence-electron chi connectivity index (χ1n) is 5.68. The summed E-state index contributed by atoms with van der Waals surface area (Å²) in [4.78, 5) is 16.6. The van der Waals surface area contributed by atoms with E-state index in [0.29, 0.717) is 4.99 Å². The van der Waals surface area contributed by atoms with Gasteiger partial charge in [0.2, 0.25) is 0 Å². The number of nitrogens with two attached hydrogens (primary N) is 1. The molecular formula is C12H16N2OS2. The fourth-order valence-corrected chi connectivity index (χ4v) is 3.36. The average Bonchev–Trinajstić information content (AvgIpc) is 2.85. The van der Waals surface area contributed by atoms with Gasteiger partial charge < -0.3 is 10.6 Å². The Bertz CT molecular complexity index is 448. The maximum absolute atomic E-state index is 12.3. The molecule has 2 rings (SSSR count). The van der Waals surface area contributed by atoms with Gasteiger partial charge in [-0.15, -0.1) is 11.3 Å². The molecule has 1 aromatic rings. The highest BCUT2D eigenvalue weighted by molar-refractivity contribution is 7.80. The Hall–Kier alpha value is -0.940. The van der Waals surface area contributed by atoms with E-state index in [0.717, 1.165) is 24.3 Å². The Balaban J connectivity index is 2.22. The van der Waals surface area contributed by atoms with E-state index in [4.69, 9.17) is 18.0 Å². The first-order chi connectivity index (χ1) is 8.00. The lowest BCUT2D eigenvalue weighted by atomic mass is 10.2. The third kappa shape index (κ3) is 2.35. The summed E-state index contributed by atoms with van der Waals surface area (Å²) in [6.45, 7) is 4.82. The molecule has 0 saturated carbocycles. The van der Waals surface area contributed by atoms with Gasteiger partial charge >= 0.3 is 0 Å². The Morgan fingerprint density at radius 3 is 2.82 bits per heavy atom. The van der Waals surface area contributed by atoms with Gasteiger partial charge in [0, 0.05) is 11.4 Å². The zero-order valence-corrected chi connectivity index (χ0v) is 11.7. The summed E-state index contributed by atoms with van der Waals surface area (Å²) in [5, 5.41) is 0. The molecular weight excluding hydrogens is 252 g/mol. The Kier molecular flexibility index (Phi) is 3.49. The lowest BCUT2D eigenvalue weighted by Gasteiger charge is -2.22. The van der Waals surface area contributed by atoms with Crippen LogP contribution in [0, 0.1) is 13.8 Å². The van der Waals surface area contributed by atoms with Gasteiger partial charge in [-0.1, -0.05) is 12.2 Å². The molecule has 5 heteroatoms. The zero-order chi connectivity index (χ0) is 12.6. The quantitative estimate of drug-likeness (QED) is 0.837. The van der Waals surface area contributed by atoms with Crippen LogP contribution < -0.4 is 5.73 Å². The molecule has 1 fully saturated rings. The van der Waals surface area contributed by atoms with Gasteiger partial charge in [0.15, 0.2) is 0 Å². The summed E-state index contributed by atoms with van der Waals surface area (Å²) in [7, 11) is 0. The number of rotatable bonds is 2. The maximum atomic E-state index is 12.3. The van der Waals surface area contributed by atoms with E-state index >= 15 is 0 Å². The lowest BCUT2D eigenvalue weighted by Crippen LogP contribution is -2.42. The first kappa shape index (κ1) is 12.5. The molecule has 1 aromatic heterocycles. The number of carbonyl (C=O) groups is 1. The predicted molar refractivity (Wildman–Crippen MR) is 74.6 cm³/mol. The van der Waals surface area contributed by atoms with Crippen LogP contribution in [0.5, 0.6) is 0 Å². The van der Waals surface area contributed by atoms with Crippen LogP contribution in [-0.2, 0) is 0 Å². The third-order valence-corrected chi connectivity index (χ3v) is 4.63. The third-order valence-electron chi connectivity index (χ3n) is 3.22. The second-order valence-corrected chi connectivity index (χ2v) is 6.14. The van der Waals surface area contributed by atoms with Crippen molar-refractivity contribution in [3.8, 4) is 0 Å². The zero-order valence-electron chi connectivity index (χ0n) is 10.0. The van der Waals surface area contributed by atoms with Gasteiger partial charge in [0.25, 0.3) is 5.91 Å². The molecule has 3 nitrogen and oxygen atoms in total. The van der Waals surface area contributed by atoms with Crippen LogP contribution in [0.15, 0.2) is 6.07 Å². The number of likely N-dealkylation sites (tertiary alicyclic amines) is 1. The van der Waals surface area contributed by atoms with Crippen molar-refractivity contribution in [2.24, 2.45) is 5.73 Å². The normalized spacial score (nSPS) is 19.6. The van der Waals surface area contributed by atoms with Crippen LogP contribution in [0.1, 0.15) is 33.0 Å². The highest BCUT2D eigenvalue weighted by Crippen LogP contribution is 2.26. The van der Waals surface area contributed by atoms with Crippen LogP contribution in [0.3, 0.4) is 0 Å². The smallest absolute Gasteiger partial charge is 0.264 e. The summed E-state index contributed by atoms with van der Waals surface area (Å²) in [6, 6.07) is 1.90. The van der Waals surface area contributed by atoms with E-state index in [1.165, 1.54) is 10.4 Å². The van der Waals surface area contributed by atoms with Crippen LogP contribution in [-0.4, -0.2) is 28.4 Å². The highest BCUT2D eigenvalue weighted by Gasteiger charge is 2.31. The minimum atomic E-state index is -0.0554. The van der Waals surface area contributed by atoms with E-state index in [9.17, 15) is 4.79 Å². The molecule has 0 spiro atoms. The van der Waals surface area contributed by atoms with Crippen LogP contribution in [0.2, 0.25) is 0 Å². The number of thiophene rings is 1. The fraction of sp³-hybridized carbons (Fsp3) is 0.500. The molecule has 0 bridgehead atoms. The molecule has 2 heterocycles. The first-order valence-corrected chi connectivity index (χ1v) is 6.90. The standard InChI is InChI=1S/C12H16N2OS2/c1-7-6-10(17-8(7)2)12(15)14-5-3-4-9(14)11(13)16/h6,9H,3-5H2,1-2H3,(H2,13,16). The number of amides is 1. The molecule has 0 aliphatic carbocycles. The van der Waals surface area contributed by atoms with Crippen molar-refractivity contribution < 1.29 is 4.79 Å². The largest absolute Gasteiger partial charge is 0.392 e. The van der Waals surface area contributed by atoms with Gasteiger partial charge in [-0.2, -0.15) is 0 Å². The molecule has 1 aliphatic heterocycles. The summed E-state index contributed by atoms with van der Waals surface area (Å²) in [5.41, 5.74) is 6.85. The second kappa shape index (κ2) is 4.74. The summed E-state index contributed by atoms with van der Waals surface area (Å²) in [5.74, 6) is 0.0708. The molecule has 1 saturated heterocycles. The Labute approximate surface area is 111 Å². The van der Waals surface area contributed by atoms with Crippen molar-refractivity contribution in [3.63, 3.8) is 0 Å². The topological polar surface area (TPSA) is 46.3 Å². The molecule has 1 unspecified atom stereocenters. The molecule has 1 atom stereocenters. The molecule has 17 heavy (non-hydrogen) atoms. The molecule has 92 valence electrons. The molecule has 1 aliphatic rings. The van der Waals surface area contributed by atoms with Crippen molar-refractivity contribution in [3.05, 3.63) is 21.4 Å². The monoisotopic (exact) mass is 268 g/mol. The average molecular weight is 268 g/mol. The van der Waals surface area contributed by atoms with E-state index in [1.807, 2.05) is 24.8 Å². The number of hydrogen-bond donors (Lipinski definition) is 1. The molecule has 2 N–H and O–H groups in total. The predicted octanol–water partition coefficient (Wildman–Crippen LogP) is 2.26. The van der Waals surface area contributed by atoms with Crippen molar-refractivity contribution in [1.82, 2.24) is 4.90 Å². The number of thiocarbonyl (C=S) groups is 1. The van der Waals surface area contributed by atoms with Gasteiger partial charge in [-0.3, -0.25) is 4.79 Å². The van der Waals surface area contributed by atoms with Crippen molar-refractivity contribution in [2.75, 3.05) is 6.54 Å².